The second-order valence-electron chi connectivity index (χ2n) is 10.2. The SMILES string of the molecule is COc1ccc(OCCNCCCF)cc1[C@@H]1C2=C(C[C@@H](C)N1CC1(F)CC1)c1ccccc1C2. The summed E-state index contributed by atoms with van der Waals surface area (Å²) in [5.74, 6) is 1.57. The number of rotatable bonds is 11. The lowest BCUT2D eigenvalue weighted by molar-refractivity contribution is 0.1000. The number of hydrogen-bond acceptors (Lipinski definition) is 4. The first-order chi connectivity index (χ1) is 17.0. The van der Waals surface area contributed by atoms with Gasteiger partial charge in [-0.1, -0.05) is 24.3 Å². The van der Waals surface area contributed by atoms with Crippen molar-refractivity contribution in [3.8, 4) is 11.5 Å². The Labute approximate surface area is 207 Å². The average molecular weight is 483 g/mol. The Morgan fingerprint density at radius 3 is 2.74 bits per heavy atom. The van der Waals surface area contributed by atoms with Gasteiger partial charge in [-0.05, 0) is 86.0 Å². The van der Waals surface area contributed by atoms with Gasteiger partial charge in [-0.15, -0.1) is 0 Å². The number of alkyl halides is 2. The highest BCUT2D eigenvalue weighted by atomic mass is 19.1. The minimum atomic E-state index is -1.08. The molecule has 0 bridgehead atoms. The molecule has 0 aromatic heterocycles. The van der Waals surface area contributed by atoms with E-state index in [0.29, 0.717) is 45.5 Å². The van der Waals surface area contributed by atoms with Crippen LogP contribution in [-0.4, -0.2) is 56.6 Å². The Bertz CT molecular complexity index is 1080. The predicted octanol–water partition coefficient (Wildman–Crippen LogP) is 5.67. The second kappa shape index (κ2) is 10.3. The van der Waals surface area contributed by atoms with Crippen LogP contribution in [-0.2, 0) is 6.42 Å². The minimum absolute atomic E-state index is 0.0597. The molecule has 2 atom stereocenters. The molecule has 2 aliphatic carbocycles. The molecule has 3 aliphatic rings. The first-order valence-corrected chi connectivity index (χ1v) is 12.9. The molecule has 4 nitrogen and oxygen atoms in total. The van der Waals surface area contributed by atoms with Crippen LogP contribution in [0.25, 0.3) is 5.57 Å². The van der Waals surface area contributed by atoms with Gasteiger partial charge in [0.05, 0.1) is 19.8 Å². The number of methoxy groups -OCH3 is 1. The molecule has 0 unspecified atom stereocenters. The highest BCUT2D eigenvalue weighted by molar-refractivity contribution is 5.79. The Hall–Kier alpha value is -2.44. The Kier molecular flexibility index (Phi) is 7.12. The van der Waals surface area contributed by atoms with Crippen LogP contribution in [0.15, 0.2) is 48.0 Å². The molecule has 6 heteroatoms. The molecule has 0 saturated heterocycles. The van der Waals surface area contributed by atoms with E-state index < -0.39 is 5.67 Å². The number of nitrogens with zero attached hydrogens (tertiary/aromatic N) is 1. The van der Waals surface area contributed by atoms with Crippen molar-refractivity contribution < 1.29 is 18.3 Å². The lowest BCUT2D eigenvalue weighted by Crippen LogP contribution is -2.44. The Balaban J connectivity index is 1.47. The molecule has 1 N–H and O–H groups in total. The van der Waals surface area contributed by atoms with Crippen molar-refractivity contribution in [2.45, 2.75) is 56.8 Å². The van der Waals surface area contributed by atoms with Crippen LogP contribution in [0, 0.1) is 0 Å². The molecule has 0 radical (unpaired) electrons. The van der Waals surface area contributed by atoms with Crippen molar-refractivity contribution in [1.82, 2.24) is 10.2 Å². The van der Waals surface area contributed by atoms with Crippen LogP contribution in [0.5, 0.6) is 11.5 Å². The molecule has 5 rings (SSSR count). The van der Waals surface area contributed by atoms with Crippen LogP contribution >= 0.6 is 0 Å². The smallest absolute Gasteiger partial charge is 0.124 e. The van der Waals surface area contributed by atoms with E-state index in [9.17, 15) is 4.39 Å². The van der Waals surface area contributed by atoms with Crippen LogP contribution in [0.3, 0.4) is 0 Å². The average Bonchev–Trinajstić information content (AvgIpc) is 3.48. The molecule has 1 saturated carbocycles. The van der Waals surface area contributed by atoms with Crippen molar-refractivity contribution in [2.24, 2.45) is 0 Å². The van der Waals surface area contributed by atoms with E-state index in [0.717, 1.165) is 29.9 Å². The van der Waals surface area contributed by atoms with Gasteiger partial charge in [0.25, 0.3) is 0 Å². The highest BCUT2D eigenvalue weighted by Gasteiger charge is 2.49. The second-order valence-corrected chi connectivity index (χ2v) is 10.2. The van der Waals surface area contributed by atoms with Gasteiger partial charge in [-0.3, -0.25) is 9.29 Å². The van der Waals surface area contributed by atoms with Crippen LogP contribution < -0.4 is 14.8 Å². The van der Waals surface area contributed by atoms with Crippen LogP contribution in [0.1, 0.15) is 55.3 Å². The number of benzene rings is 2. The monoisotopic (exact) mass is 482 g/mol. The molecule has 1 fully saturated rings. The lowest BCUT2D eigenvalue weighted by atomic mass is 9.84. The fourth-order valence-corrected chi connectivity index (χ4v) is 5.63. The first kappa shape index (κ1) is 24.3. The van der Waals surface area contributed by atoms with Gasteiger partial charge in [-0.2, -0.15) is 0 Å². The number of nitrogens with one attached hydrogen (secondary N) is 1. The zero-order chi connectivity index (χ0) is 24.4. The van der Waals surface area contributed by atoms with E-state index in [1.54, 1.807) is 7.11 Å². The van der Waals surface area contributed by atoms with Gasteiger partial charge in [-0.25, -0.2) is 4.39 Å². The minimum Gasteiger partial charge on any atom is -0.496 e. The van der Waals surface area contributed by atoms with Crippen molar-refractivity contribution in [2.75, 3.05) is 40.0 Å². The standard InChI is InChI=1S/C29H36F2N2O2/c1-20-16-24-23-7-4-3-6-21(23)17-25(24)28(33(20)19-29(31)10-11-29)26-18-22(8-9-27(26)34-2)35-15-14-32-13-5-12-30/h3-4,6-9,18,20,28,32H,5,10-17,19H2,1-2H3/t20-,28+/m1/s1. The van der Waals surface area contributed by atoms with Gasteiger partial charge in [0.15, 0.2) is 0 Å². The predicted molar refractivity (Wildman–Crippen MR) is 136 cm³/mol. The fourth-order valence-electron chi connectivity index (χ4n) is 5.63. The van der Waals surface area contributed by atoms with E-state index in [1.165, 1.54) is 22.3 Å². The highest BCUT2D eigenvalue weighted by Crippen LogP contribution is 2.52. The molecule has 2 aromatic rings. The largest absolute Gasteiger partial charge is 0.496 e. The normalized spacial score (nSPS) is 22.6. The third-order valence-corrected chi connectivity index (χ3v) is 7.63. The third kappa shape index (κ3) is 5.10. The summed E-state index contributed by atoms with van der Waals surface area (Å²) in [7, 11) is 1.70. The van der Waals surface area contributed by atoms with Crippen LogP contribution in [0.2, 0.25) is 0 Å². The number of halogens is 2. The quantitative estimate of drug-likeness (QED) is 0.419. The van der Waals surface area contributed by atoms with Gasteiger partial charge in [0, 0.05) is 24.7 Å². The number of ether oxygens (including phenoxy) is 2. The summed E-state index contributed by atoms with van der Waals surface area (Å²) in [4.78, 5) is 2.36. The summed E-state index contributed by atoms with van der Waals surface area (Å²) in [5, 5.41) is 3.20. The zero-order valence-corrected chi connectivity index (χ0v) is 20.8. The van der Waals surface area contributed by atoms with Crippen molar-refractivity contribution in [3.63, 3.8) is 0 Å². The lowest BCUT2D eigenvalue weighted by Gasteiger charge is -2.43. The third-order valence-electron chi connectivity index (χ3n) is 7.63. The fraction of sp³-hybridized carbons (Fsp3) is 0.517. The summed E-state index contributed by atoms with van der Waals surface area (Å²) < 4.78 is 39.3. The van der Waals surface area contributed by atoms with E-state index >= 15 is 4.39 Å². The summed E-state index contributed by atoms with van der Waals surface area (Å²) >= 11 is 0. The maximum absolute atomic E-state index is 15.2. The van der Waals surface area contributed by atoms with E-state index in [2.05, 4.69) is 47.5 Å². The maximum Gasteiger partial charge on any atom is 0.124 e. The van der Waals surface area contributed by atoms with E-state index in [4.69, 9.17) is 9.47 Å². The zero-order valence-electron chi connectivity index (χ0n) is 20.8. The molecule has 188 valence electrons. The molecular weight excluding hydrogens is 446 g/mol. The van der Waals surface area contributed by atoms with Crippen molar-refractivity contribution >= 4 is 5.57 Å². The molecule has 0 spiro atoms. The van der Waals surface area contributed by atoms with Crippen LogP contribution in [0.4, 0.5) is 8.78 Å². The molecule has 1 aliphatic heterocycles. The molecule has 2 aromatic carbocycles. The van der Waals surface area contributed by atoms with Gasteiger partial charge in [0.1, 0.15) is 23.8 Å². The summed E-state index contributed by atoms with van der Waals surface area (Å²) in [6.07, 6.45) is 3.61. The van der Waals surface area contributed by atoms with Gasteiger partial charge >= 0.3 is 0 Å². The number of hydrogen-bond donors (Lipinski definition) is 1. The summed E-state index contributed by atoms with van der Waals surface area (Å²) in [6.45, 7) is 4.15. The van der Waals surface area contributed by atoms with Gasteiger partial charge < -0.3 is 14.8 Å². The summed E-state index contributed by atoms with van der Waals surface area (Å²) in [5.41, 5.74) is 5.41. The van der Waals surface area contributed by atoms with Gasteiger partial charge in [0.2, 0.25) is 0 Å². The molecular formula is C29H36F2N2O2. The summed E-state index contributed by atoms with van der Waals surface area (Å²) in [6, 6.07) is 14.8. The van der Waals surface area contributed by atoms with E-state index in [1.807, 2.05) is 12.1 Å². The Morgan fingerprint density at radius 1 is 1.14 bits per heavy atom. The topological polar surface area (TPSA) is 33.7 Å². The number of fused-ring (bicyclic) bond motifs is 2. The maximum atomic E-state index is 15.2. The Morgan fingerprint density at radius 2 is 1.97 bits per heavy atom. The first-order valence-electron chi connectivity index (χ1n) is 12.9. The molecule has 1 heterocycles. The van der Waals surface area contributed by atoms with E-state index in [-0.39, 0.29) is 18.8 Å². The van der Waals surface area contributed by atoms with Crippen molar-refractivity contribution in [1.29, 1.82) is 0 Å². The molecule has 35 heavy (non-hydrogen) atoms. The van der Waals surface area contributed by atoms with Crippen molar-refractivity contribution in [3.05, 3.63) is 64.7 Å². The molecule has 0 amide bonds.